The smallest absolute Gasteiger partial charge is 0.230 e. The fourth-order valence-electron chi connectivity index (χ4n) is 2.24. The Morgan fingerprint density at radius 3 is 3.16 bits per heavy atom. The standard InChI is InChI=1S/C13H16N4O2/c18-7-6-17-9-11(8-14-17)12-15-13(19-16-12)10-4-2-1-3-5-10/h1-2,8-10,18H,3-7H2. The molecule has 1 aliphatic carbocycles. The van der Waals surface area contributed by atoms with E-state index in [0.29, 0.717) is 24.2 Å². The average Bonchev–Trinajstić information content (AvgIpc) is 3.08. The maximum absolute atomic E-state index is 8.86. The minimum atomic E-state index is 0.0625. The third kappa shape index (κ3) is 2.58. The van der Waals surface area contributed by atoms with Crippen LogP contribution >= 0.6 is 0 Å². The molecule has 0 amide bonds. The van der Waals surface area contributed by atoms with Crippen molar-refractivity contribution in [3.63, 3.8) is 0 Å². The molecule has 1 aliphatic rings. The fourth-order valence-corrected chi connectivity index (χ4v) is 2.24. The molecule has 0 aliphatic heterocycles. The van der Waals surface area contributed by atoms with Gasteiger partial charge in [0.2, 0.25) is 11.7 Å². The summed E-state index contributed by atoms with van der Waals surface area (Å²) in [5.41, 5.74) is 0.815. The zero-order valence-corrected chi connectivity index (χ0v) is 10.6. The van der Waals surface area contributed by atoms with Gasteiger partial charge in [-0.2, -0.15) is 10.1 Å². The largest absolute Gasteiger partial charge is 0.394 e. The Morgan fingerprint density at radius 2 is 2.37 bits per heavy atom. The predicted octanol–water partition coefficient (Wildman–Crippen LogP) is 1.75. The summed E-state index contributed by atoms with van der Waals surface area (Å²) in [4.78, 5) is 4.45. The lowest BCUT2D eigenvalue weighted by Crippen LogP contribution is -2.01. The molecule has 0 fully saturated rings. The Bertz CT molecular complexity index is 573. The van der Waals surface area contributed by atoms with Crippen molar-refractivity contribution in [2.24, 2.45) is 0 Å². The summed E-state index contributed by atoms with van der Waals surface area (Å²) in [7, 11) is 0. The molecule has 2 aromatic heterocycles. The molecule has 0 aromatic carbocycles. The van der Waals surface area contributed by atoms with Crippen molar-refractivity contribution < 1.29 is 9.63 Å². The predicted molar refractivity (Wildman–Crippen MR) is 68.3 cm³/mol. The first-order chi connectivity index (χ1) is 9.36. The summed E-state index contributed by atoms with van der Waals surface area (Å²) < 4.78 is 7.01. The number of hydrogen-bond donors (Lipinski definition) is 1. The van der Waals surface area contributed by atoms with E-state index < -0.39 is 0 Å². The van der Waals surface area contributed by atoms with Gasteiger partial charge in [0.05, 0.1) is 24.9 Å². The minimum absolute atomic E-state index is 0.0625. The van der Waals surface area contributed by atoms with Crippen LogP contribution in [0.2, 0.25) is 0 Å². The second kappa shape index (κ2) is 5.36. The van der Waals surface area contributed by atoms with Gasteiger partial charge in [0, 0.05) is 12.1 Å². The van der Waals surface area contributed by atoms with Crippen LogP contribution in [0.15, 0.2) is 29.1 Å². The summed E-state index contributed by atoms with van der Waals surface area (Å²) in [6, 6.07) is 0. The first-order valence-electron chi connectivity index (χ1n) is 6.49. The number of aliphatic hydroxyl groups is 1. The summed E-state index contributed by atoms with van der Waals surface area (Å²) in [6.07, 6.45) is 10.9. The van der Waals surface area contributed by atoms with Crippen LogP contribution in [-0.2, 0) is 6.54 Å². The molecule has 0 bridgehead atoms. The Labute approximate surface area is 110 Å². The van der Waals surface area contributed by atoms with E-state index in [1.54, 1.807) is 10.9 Å². The molecule has 2 aromatic rings. The number of aromatic nitrogens is 4. The van der Waals surface area contributed by atoms with Gasteiger partial charge in [-0.1, -0.05) is 17.3 Å². The second-order valence-corrected chi connectivity index (χ2v) is 4.65. The van der Waals surface area contributed by atoms with Crippen LogP contribution in [0.4, 0.5) is 0 Å². The summed E-state index contributed by atoms with van der Waals surface area (Å²) >= 11 is 0. The molecule has 19 heavy (non-hydrogen) atoms. The molecule has 6 heteroatoms. The van der Waals surface area contributed by atoms with E-state index in [-0.39, 0.29) is 6.61 Å². The van der Waals surface area contributed by atoms with Crippen molar-refractivity contribution in [1.29, 1.82) is 0 Å². The Balaban J connectivity index is 1.77. The van der Waals surface area contributed by atoms with E-state index in [1.165, 1.54) is 0 Å². The summed E-state index contributed by atoms with van der Waals surface area (Å²) in [6.45, 7) is 0.533. The van der Waals surface area contributed by atoms with Crippen molar-refractivity contribution in [3.8, 4) is 11.4 Å². The van der Waals surface area contributed by atoms with Crippen LogP contribution in [0.3, 0.4) is 0 Å². The quantitative estimate of drug-likeness (QED) is 0.847. The van der Waals surface area contributed by atoms with Crippen molar-refractivity contribution in [2.75, 3.05) is 6.61 Å². The van der Waals surface area contributed by atoms with Crippen molar-refractivity contribution in [3.05, 3.63) is 30.4 Å². The molecule has 0 saturated carbocycles. The van der Waals surface area contributed by atoms with Crippen molar-refractivity contribution in [1.82, 2.24) is 19.9 Å². The number of rotatable bonds is 4. The fraction of sp³-hybridized carbons (Fsp3) is 0.462. The maximum atomic E-state index is 8.86. The van der Waals surface area contributed by atoms with E-state index >= 15 is 0 Å². The Hall–Kier alpha value is -1.95. The second-order valence-electron chi connectivity index (χ2n) is 4.65. The molecular weight excluding hydrogens is 244 g/mol. The molecule has 1 unspecified atom stereocenters. The molecule has 2 heterocycles. The van der Waals surface area contributed by atoms with Gasteiger partial charge in [-0.05, 0) is 19.3 Å². The summed E-state index contributed by atoms with van der Waals surface area (Å²) in [5.74, 6) is 1.60. The summed E-state index contributed by atoms with van der Waals surface area (Å²) in [5, 5.41) is 17.0. The molecule has 0 saturated heterocycles. The average molecular weight is 260 g/mol. The highest BCUT2D eigenvalue weighted by Crippen LogP contribution is 2.29. The topological polar surface area (TPSA) is 77.0 Å². The molecule has 0 spiro atoms. The van der Waals surface area contributed by atoms with E-state index in [2.05, 4.69) is 27.4 Å². The SMILES string of the molecule is OCCn1cc(-c2noc(C3CC=CCC3)n2)cn1. The van der Waals surface area contributed by atoms with Gasteiger partial charge in [0.15, 0.2) is 0 Å². The zero-order valence-electron chi connectivity index (χ0n) is 10.6. The number of hydrogen-bond acceptors (Lipinski definition) is 5. The van der Waals surface area contributed by atoms with Crippen LogP contribution in [0.5, 0.6) is 0 Å². The van der Waals surface area contributed by atoms with Crippen LogP contribution < -0.4 is 0 Å². The molecule has 0 radical (unpaired) electrons. The van der Waals surface area contributed by atoms with Gasteiger partial charge >= 0.3 is 0 Å². The lowest BCUT2D eigenvalue weighted by molar-refractivity contribution is 0.269. The highest BCUT2D eigenvalue weighted by molar-refractivity contribution is 5.51. The number of aliphatic hydroxyl groups excluding tert-OH is 1. The monoisotopic (exact) mass is 260 g/mol. The molecular formula is C13H16N4O2. The number of nitrogens with zero attached hydrogens (tertiary/aromatic N) is 4. The first-order valence-corrected chi connectivity index (χ1v) is 6.49. The molecule has 6 nitrogen and oxygen atoms in total. The van der Waals surface area contributed by atoms with Gasteiger partial charge in [-0.3, -0.25) is 4.68 Å². The molecule has 1 atom stereocenters. The minimum Gasteiger partial charge on any atom is -0.394 e. The van der Waals surface area contributed by atoms with E-state index in [4.69, 9.17) is 9.63 Å². The van der Waals surface area contributed by atoms with Crippen molar-refractivity contribution >= 4 is 0 Å². The Morgan fingerprint density at radius 1 is 1.42 bits per heavy atom. The van der Waals surface area contributed by atoms with Gasteiger partial charge in [0.1, 0.15) is 0 Å². The van der Waals surface area contributed by atoms with Crippen LogP contribution in [0.1, 0.15) is 31.1 Å². The third-order valence-corrected chi connectivity index (χ3v) is 3.28. The van der Waals surface area contributed by atoms with E-state index in [1.807, 2.05) is 6.20 Å². The van der Waals surface area contributed by atoms with Crippen LogP contribution in [0.25, 0.3) is 11.4 Å². The van der Waals surface area contributed by atoms with Crippen LogP contribution in [-0.4, -0.2) is 31.6 Å². The van der Waals surface area contributed by atoms with E-state index in [0.717, 1.165) is 24.8 Å². The highest BCUT2D eigenvalue weighted by Gasteiger charge is 2.20. The van der Waals surface area contributed by atoms with Gasteiger partial charge < -0.3 is 9.63 Å². The van der Waals surface area contributed by atoms with E-state index in [9.17, 15) is 0 Å². The van der Waals surface area contributed by atoms with Crippen molar-refractivity contribution in [2.45, 2.75) is 31.7 Å². The maximum Gasteiger partial charge on any atom is 0.230 e. The molecule has 100 valence electrons. The number of allylic oxidation sites excluding steroid dienone is 2. The van der Waals surface area contributed by atoms with Crippen LogP contribution in [0, 0.1) is 0 Å². The lowest BCUT2D eigenvalue weighted by Gasteiger charge is -2.12. The lowest BCUT2D eigenvalue weighted by atomic mass is 9.94. The molecule has 3 rings (SSSR count). The first kappa shape index (κ1) is 12.1. The molecule has 1 N–H and O–H groups in total. The van der Waals surface area contributed by atoms with Gasteiger partial charge in [-0.25, -0.2) is 0 Å². The third-order valence-electron chi connectivity index (χ3n) is 3.28. The highest BCUT2D eigenvalue weighted by atomic mass is 16.5. The van der Waals surface area contributed by atoms with Gasteiger partial charge in [-0.15, -0.1) is 0 Å². The Kier molecular flexibility index (Phi) is 3.41. The normalized spacial score (nSPS) is 18.9. The van der Waals surface area contributed by atoms with Gasteiger partial charge in [0.25, 0.3) is 0 Å². The zero-order chi connectivity index (χ0) is 13.1.